The van der Waals surface area contributed by atoms with Crippen molar-refractivity contribution in [2.45, 2.75) is 13.5 Å². The Balaban J connectivity index is 1.88. The smallest absolute Gasteiger partial charge is 0.354 e. The second-order valence-electron chi connectivity index (χ2n) is 7.62. The minimum Gasteiger partial charge on any atom is -0.477 e. The number of aromatic nitrogens is 1. The normalized spacial score (nSPS) is 11.0. The summed E-state index contributed by atoms with van der Waals surface area (Å²) >= 11 is 5.94. The standard InChI is InChI=1S/C25H23ClFN5O5/c1-3-32(15-33)25(36)30-24(31(2)14-16-7-9-17(26)10-8-16)29-20-12-11-18(13-19(20)27)37-22-6-4-5-21(28-22)23(34)35/h4-13,15H,3,14H2,1-2H3,(H,34,35)(H,29,30,36). The van der Waals surface area contributed by atoms with E-state index in [2.05, 4.69) is 15.3 Å². The van der Waals surface area contributed by atoms with Crippen LogP contribution in [0.2, 0.25) is 5.02 Å². The first-order valence-electron chi connectivity index (χ1n) is 10.9. The molecule has 0 atom stereocenters. The summed E-state index contributed by atoms with van der Waals surface area (Å²) in [6, 6.07) is 14.3. The van der Waals surface area contributed by atoms with Crippen LogP contribution in [0.25, 0.3) is 0 Å². The number of carboxylic acids is 1. The Labute approximate surface area is 217 Å². The summed E-state index contributed by atoms with van der Waals surface area (Å²) < 4.78 is 20.4. The van der Waals surface area contributed by atoms with Crippen LogP contribution in [0, 0.1) is 5.82 Å². The second-order valence-corrected chi connectivity index (χ2v) is 8.06. The topological polar surface area (TPSA) is 124 Å². The molecule has 0 aliphatic rings. The van der Waals surface area contributed by atoms with Crippen LogP contribution < -0.4 is 10.1 Å². The molecule has 3 aromatic rings. The average molecular weight is 528 g/mol. The first-order chi connectivity index (χ1) is 17.7. The predicted octanol–water partition coefficient (Wildman–Crippen LogP) is 4.67. The number of guanidine groups is 1. The molecule has 192 valence electrons. The quantitative estimate of drug-likeness (QED) is 0.248. The molecule has 37 heavy (non-hydrogen) atoms. The van der Waals surface area contributed by atoms with Crippen molar-refractivity contribution < 1.29 is 28.6 Å². The molecule has 0 radical (unpaired) electrons. The lowest BCUT2D eigenvalue weighted by molar-refractivity contribution is -0.115. The molecule has 0 saturated heterocycles. The Morgan fingerprint density at radius 1 is 1.19 bits per heavy atom. The number of halogens is 2. The summed E-state index contributed by atoms with van der Waals surface area (Å²) in [6.45, 7) is 2.04. The molecule has 0 aliphatic heterocycles. The van der Waals surface area contributed by atoms with Gasteiger partial charge in [-0.3, -0.25) is 15.0 Å². The summed E-state index contributed by atoms with van der Waals surface area (Å²) in [7, 11) is 1.64. The number of imide groups is 1. The van der Waals surface area contributed by atoms with Gasteiger partial charge in [0, 0.05) is 37.3 Å². The molecule has 0 bridgehead atoms. The third kappa shape index (κ3) is 7.48. The van der Waals surface area contributed by atoms with Gasteiger partial charge in [0.25, 0.3) is 0 Å². The molecule has 3 amide bonds. The summed E-state index contributed by atoms with van der Waals surface area (Å²) in [5.41, 5.74) is 0.503. The maximum absolute atomic E-state index is 15.0. The Bertz CT molecular complexity index is 1320. The lowest BCUT2D eigenvalue weighted by Crippen LogP contribution is -2.47. The van der Waals surface area contributed by atoms with E-state index in [1.165, 1.54) is 30.3 Å². The molecule has 10 nitrogen and oxygen atoms in total. The molecule has 1 heterocycles. The van der Waals surface area contributed by atoms with Crippen molar-refractivity contribution >= 4 is 41.7 Å². The number of nitrogens with zero attached hydrogens (tertiary/aromatic N) is 4. The van der Waals surface area contributed by atoms with E-state index in [-0.39, 0.29) is 42.1 Å². The Kier molecular flexibility index (Phi) is 9.11. The molecule has 0 spiro atoms. The van der Waals surface area contributed by atoms with Crippen LogP contribution in [0.15, 0.2) is 65.7 Å². The van der Waals surface area contributed by atoms with Crippen molar-refractivity contribution in [1.29, 1.82) is 0 Å². The lowest BCUT2D eigenvalue weighted by atomic mass is 10.2. The molecule has 1 aromatic heterocycles. The minimum atomic E-state index is -1.23. The largest absolute Gasteiger partial charge is 0.477 e. The van der Waals surface area contributed by atoms with Gasteiger partial charge in [-0.05, 0) is 42.8 Å². The van der Waals surface area contributed by atoms with Gasteiger partial charge < -0.3 is 14.7 Å². The van der Waals surface area contributed by atoms with E-state index in [4.69, 9.17) is 21.4 Å². The van der Waals surface area contributed by atoms with Gasteiger partial charge in [-0.1, -0.05) is 29.8 Å². The van der Waals surface area contributed by atoms with Crippen LogP contribution in [0.3, 0.4) is 0 Å². The maximum Gasteiger partial charge on any atom is 0.354 e. The number of carbonyl (C=O) groups is 3. The van der Waals surface area contributed by atoms with Crippen LogP contribution in [0.1, 0.15) is 23.0 Å². The highest BCUT2D eigenvalue weighted by atomic mass is 35.5. The average Bonchev–Trinajstić information content (AvgIpc) is 2.87. The number of hydrogen-bond acceptors (Lipinski definition) is 6. The Hall–Kier alpha value is -4.51. The zero-order chi connectivity index (χ0) is 26.9. The van der Waals surface area contributed by atoms with Crippen molar-refractivity contribution in [3.63, 3.8) is 0 Å². The number of rotatable bonds is 8. The SMILES string of the molecule is CCN(C=O)C(=O)NC(=Nc1ccc(Oc2cccc(C(=O)O)n2)cc1F)N(C)Cc1ccc(Cl)cc1. The van der Waals surface area contributed by atoms with Crippen molar-refractivity contribution in [1.82, 2.24) is 20.1 Å². The molecular formula is C25H23ClFN5O5. The van der Waals surface area contributed by atoms with Crippen LogP contribution in [-0.2, 0) is 11.3 Å². The molecule has 3 rings (SSSR count). The number of amides is 3. The number of ether oxygens (including phenoxy) is 1. The van der Waals surface area contributed by atoms with E-state index < -0.39 is 17.8 Å². The number of benzene rings is 2. The molecule has 12 heteroatoms. The number of aromatic carboxylic acids is 1. The van der Waals surface area contributed by atoms with Crippen LogP contribution in [0.5, 0.6) is 11.6 Å². The second kappa shape index (κ2) is 12.5. The molecule has 2 aromatic carbocycles. The van der Waals surface area contributed by atoms with Gasteiger partial charge in [0.05, 0.1) is 0 Å². The van der Waals surface area contributed by atoms with Crippen LogP contribution >= 0.6 is 11.6 Å². The number of pyridine rings is 1. The molecule has 0 unspecified atom stereocenters. The third-order valence-electron chi connectivity index (χ3n) is 4.95. The molecular weight excluding hydrogens is 505 g/mol. The summed E-state index contributed by atoms with van der Waals surface area (Å²) in [6.07, 6.45) is 0.381. The van der Waals surface area contributed by atoms with Crippen molar-refractivity contribution in [3.05, 3.63) is 82.8 Å². The number of carboxylic acid groups (broad SMARTS) is 1. The van der Waals surface area contributed by atoms with E-state index in [9.17, 15) is 18.8 Å². The van der Waals surface area contributed by atoms with Gasteiger partial charge in [-0.15, -0.1) is 0 Å². The molecule has 0 fully saturated rings. The number of carbonyl (C=O) groups excluding carboxylic acids is 2. The van der Waals surface area contributed by atoms with E-state index in [1.807, 2.05) is 0 Å². The fraction of sp³-hybridized carbons (Fsp3) is 0.160. The van der Waals surface area contributed by atoms with Gasteiger partial charge in [-0.2, -0.15) is 0 Å². The zero-order valence-corrected chi connectivity index (χ0v) is 20.6. The minimum absolute atomic E-state index is 0.0105. The highest BCUT2D eigenvalue weighted by Gasteiger charge is 2.17. The number of urea groups is 1. The van der Waals surface area contributed by atoms with Gasteiger partial charge in [0.1, 0.15) is 11.4 Å². The molecule has 0 aliphatic carbocycles. The Morgan fingerprint density at radius 3 is 2.54 bits per heavy atom. The van der Waals surface area contributed by atoms with Gasteiger partial charge >= 0.3 is 12.0 Å². The number of nitrogens with one attached hydrogen (secondary N) is 1. The van der Waals surface area contributed by atoms with Gasteiger partial charge in [0.15, 0.2) is 11.5 Å². The van der Waals surface area contributed by atoms with Crippen molar-refractivity contribution in [2.24, 2.45) is 4.99 Å². The summed E-state index contributed by atoms with van der Waals surface area (Å²) in [4.78, 5) is 45.4. The molecule has 0 saturated carbocycles. The fourth-order valence-corrected chi connectivity index (χ4v) is 3.17. The van der Waals surface area contributed by atoms with Crippen LogP contribution in [-0.4, -0.2) is 57.9 Å². The van der Waals surface area contributed by atoms with Gasteiger partial charge in [-0.25, -0.2) is 24.0 Å². The van der Waals surface area contributed by atoms with Crippen LogP contribution in [0.4, 0.5) is 14.9 Å². The maximum atomic E-state index is 15.0. The monoisotopic (exact) mass is 527 g/mol. The number of hydrogen-bond donors (Lipinski definition) is 2. The van der Waals surface area contributed by atoms with Crippen molar-refractivity contribution in [2.75, 3.05) is 13.6 Å². The van der Waals surface area contributed by atoms with E-state index in [0.29, 0.717) is 11.4 Å². The van der Waals surface area contributed by atoms with Gasteiger partial charge in [0.2, 0.25) is 18.2 Å². The summed E-state index contributed by atoms with van der Waals surface area (Å²) in [5, 5.41) is 12.2. The highest BCUT2D eigenvalue weighted by molar-refractivity contribution is 6.30. The first kappa shape index (κ1) is 27.1. The molecule has 2 N–H and O–H groups in total. The predicted molar refractivity (Wildman–Crippen MR) is 135 cm³/mol. The Morgan fingerprint density at radius 2 is 1.92 bits per heavy atom. The van der Waals surface area contributed by atoms with E-state index in [0.717, 1.165) is 16.5 Å². The van der Waals surface area contributed by atoms with Crippen molar-refractivity contribution in [3.8, 4) is 11.6 Å². The number of aliphatic imine (C=N–C) groups is 1. The first-order valence-corrected chi connectivity index (χ1v) is 11.3. The zero-order valence-electron chi connectivity index (χ0n) is 19.9. The van der Waals surface area contributed by atoms with E-state index >= 15 is 0 Å². The third-order valence-corrected chi connectivity index (χ3v) is 5.20. The highest BCUT2D eigenvalue weighted by Crippen LogP contribution is 2.27. The fourth-order valence-electron chi connectivity index (χ4n) is 3.05. The lowest BCUT2D eigenvalue weighted by Gasteiger charge is -2.24. The summed E-state index contributed by atoms with van der Waals surface area (Å²) in [5.74, 6) is -1.98. The van der Waals surface area contributed by atoms with E-state index in [1.54, 1.807) is 43.1 Å².